The monoisotopic (exact) mass is 607 g/mol. The zero-order chi connectivity index (χ0) is 25.5. The van der Waals surface area contributed by atoms with Crippen molar-refractivity contribution in [2.24, 2.45) is 5.10 Å². The lowest BCUT2D eigenvalue weighted by molar-refractivity contribution is -0.149. The number of nitrogens with zero attached hydrogens (tertiary/aromatic N) is 3. The summed E-state index contributed by atoms with van der Waals surface area (Å²) in [6.07, 6.45) is 3.81. The molecule has 0 unspecified atom stereocenters. The fourth-order valence-electron chi connectivity index (χ4n) is 3.32. The van der Waals surface area contributed by atoms with Crippen molar-refractivity contribution in [1.29, 1.82) is 0 Å². The quantitative estimate of drug-likeness (QED) is 0.223. The van der Waals surface area contributed by atoms with Gasteiger partial charge in [0.05, 0.1) is 34.8 Å². The number of fused-ring (bicyclic) bond motifs is 1. The van der Waals surface area contributed by atoms with Crippen molar-refractivity contribution < 1.29 is 19.0 Å². The molecule has 3 rings (SSSR count). The minimum atomic E-state index is -0.478. The number of ether oxygens (including phenoxy) is 3. The highest BCUT2D eigenvalue weighted by Gasteiger charge is 2.15. The van der Waals surface area contributed by atoms with Crippen LogP contribution in [0.5, 0.6) is 11.5 Å². The summed E-state index contributed by atoms with van der Waals surface area (Å²) >= 11 is 6.88. The second-order valence-corrected chi connectivity index (χ2v) is 9.79. The van der Waals surface area contributed by atoms with Gasteiger partial charge in [0.15, 0.2) is 18.1 Å². The highest BCUT2D eigenvalue weighted by Crippen LogP contribution is 2.36. The van der Waals surface area contributed by atoms with Gasteiger partial charge in [-0.3, -0.25) is 4.79 Å². The number of halogens is 2. The summed E-state index contributed by atoms with van der Waals surface area (Å²) in [4.78, 5) is 29.8. The number of carbonyl (C=O) groups is 1. The van der Waals surface area contributed by atoms with Crippen molar-refractivity contribution >= 4 is 54.9 Å². The van der Waals surface area contributed by atoms with Crippen LogP contribution in [0.3, 0.4) is 0 Å². The van der Waals surface area contributed by atoms with Crippen LogP contribution in [0.25, 0.3) is 10.9 Å². The normalized spacial score (nSPS) is 11.4. The molecular formula is C25H27Br2N3O5. The third-order valence-corrected chi connectivity index (χ3v) is 5.99. The Balaban J connectivity index is 1.96. The smallest absolute Gasteiger partial charge is 0.344 e. The molecule has 8 nitrogen and oxygen atoms in total. The molecule has 2 aromatic carbocycles. The van der Waals surface area contributed by atoms with E-state index in [9.17, 15) is 9.59 Å². The summed E-state index contributed by atoms with van der Waals surface area (Å²) in [6.45, 7) is 5.37. The molecule has 0 saturated heterocycles. The largest absolute Gasteiger partial charge is 0.493 e. The van der Waals surface area contributed by atoms with Crippen LogP contribution >= 0.6 is 31.9 Å². The first-order valence-corrected chi connectivity index (χ1v) is 12.8. The fourth-order valence-corrected chi connectivity index (χ4v) is 4.25. The minimum absolute atomic E-state index is 0.230. The molecule has 0 fully saturated rings. The van der Waals surface area contributed by atoms with Crippen molar-refractivity contribution in [2.45, 2.75) is 46.1 Å². The van der Waals surface area contributed by atoms with E-state index in [2.05, 4.69) is 48.9 Å². The van der Waals surface area contributed by atoms with Gasteiger partial charge in [0.2, 0.25) is 0 Å². The highest BCUT2D eigenvalue weighted by molar-refractivity contribution is 9.10. The molecule has 0 aliphatic heterocycles. The topological polar surface area (TPSA) is 92.0 Å². The summed E-state index contributed by atoms with van der Waals surface area (Å²) < 4.78 is 18.9. The van der Waals surface area contributed by atoms with Crippen LogP contribution in [-0.2, 0) is 16.0 Å². The van der Waals surface area contributed by atoms with Gasteiger partial charge >= 0.3 is 5.97 Å². The van der Waals surface area contributed by atoms with Crippen LogP contribution in [-0.4, -0.2) is 41.7 Å². The zero-order valence-corrected chi connectivity index (χ0v) is 23.2. The lowest BCUT2D eigenvalue weighted by Gasteiger charge is -2.14. The summed E-state index contributed by atoms with van der Waals surface area (Å²) in [6, 6.07) is 8.90. The van der Waals surface area contributed by atoms with Crippen LogP contribution in [0.15, 0.2) is 49.2 Å². The van der Waals surface area contributed by atoms with Gasteiger partial charge in [0, 0.05) is 10.9 Å². The Bertz CT molecular complexity index is 1300. The lowest BCUT2D eigenvalue weighted by atomic mass is 10.2. The van der Waals surface area contributed by atoms with Gasteiger partial charge in [0.25, 0.3) is 5.56 Å². The SMILES string of the molecule is CCCCc1nc2ccc(Br)cc2c(=O)n1N=Cc1cc(Br)c(OCC(=O)OC(C)C)c(OC)c1. The average molecular weight is 609 g/mol. The molecule has 0 radical (unpaired) electrons. The minimum Gasteiger partial charge on any atom is -0.493 e. The van der Waals surface area contributed by atoms with Crippen molar-refractivity contribution in [3.8, 4) is 11.5 Å². The lowest BCUT2D eigenvalue weighted by Crippen LogP contribution is -2.22. The number of hydrogen-bond donors (Lipinski definition) is 0. The first-order chi connectivity index (χ1) is 16.7. The average Bonchev–Trinajstić information content (AvgIpc) is 2.81. The Kier molecular flexibility index (Phi) is 9.45. The maximum absolute atomic E-state index is 13.2. The number of esters is 1. The Morgan fingerprint density at radius 2 is 2.00 bits per heavy atom. The molecule has 0 N–H and O–H groups in total. The molecule has 0 aliphatic rings. The van der Waals surface area contributed by atoms with Crippen LogP contribution in [0.1, 0.15) is 45.0 Å². The van der Waals surface area contributed by atoms with Gasteiger partial charge < -0.3 is 14.2 Å². The van der Waals surface area contributed by atoms with E-state index in [-0.39, 0.29) is 18.3 Å². The van der Waals surface area contributed by atoms with E-state index < -0.39 is 5.97 Å². The molecule has 1 heterocycles. The number of hydrogen-bond acceptors (Lipinski definition) is 7. The van der Waals surface area contributed by atoms with Crippen molar-refractivity contribution in [1.82, 2.24) is 9.66 Å². The van der Waals surface area contributed by atoms with E-state index >= 15 is 0 Å². The van der Waals surface area contributed by atoms with E-state index in [4.69, 9.17) is 14.2 Å². The number of benzene rings is 2. The van der Waals surface area contributed by atoms with E-state index in [1.807, 2.05) is 12.1 Å². The molecule has 0 atom stereocenters. The van der Waals surface area contributed by atoms with Gasteiger partial charge in [-0.1, -0.05) is 29.3 Å². The number of carbonyl (C=O) groups excluding carboxylic acids is 1. The number of methoxy groups -OCH3 is 1. The summed E-state index contributed by atoms with van der Waals surface area (Å²) in [7, 11) is 1.50. The van der Waals surface area contributed by atoms with E-state index in [1.54, 1.807) is 38.3 Å². The molecule has 10 heteroatoms. The molecule has 0 spiro atoms. The third kappa shape index (κ3) is 6.91. The van der Waals surface area contributed by atoms with Crippen molar-refractivity contribution in [3.63, 3.8) is 0 Å². The molecule has 35 heavy (non-hydrogen) atoms. The molecule has 186 valence electrons. The van der Waals surface area contributed by atoms with Crippen molar-refractivity contribution in [2.75, 3.05) is 13.7 Å². The maximum atomic E-state index is 13.2. The van der Waals surface area contributed by atoms with E-state index in [0.717, 1.165) is 17.3 Å². The van der Waals surface area contributed by atoms with E-state index in [0.29, 0.717) is 44.7 Å². The van der Waals surface area contributed by atoms with Gasteiger partial charge in [-0.25, -0.2) is 9.78 Å². The Labute approximate surface area is 220 Å². The van der Waals surface area contributed by atoms with Gasteiger partial charge in [-0.2, -0.15) is 9.78 Å². The number of rotatable bonds is 10. The molecule has 0 amide bonds. The molecule has 1 aromatic heterocycles. The summed E-state index contributed by atoms with van der Waals surface area (Å²) in [5.41, 5.74) is 1.06. The van der Waals surface area contributed by atoms with Crippen LogP contribution < -0.4 is 15.0 Å². The standard InChI is InChI=1S/C25H27Br2N3O5/c1-5-6-7-22-29-20-9-8-17(26)12-18(20)25(32)30(22)28-13-16-10-19(27)24(21(11-16)33-4)34-14-23(31)35-15(2)3/h8-13,15H,5-7,14H2,1-4H3. The Morgan fingerprint density at radius 1 is 1.23 bits per heavy atom. The van der Waals surface area contributed by atoms with Gasteiger partial charge in [0.1, 0.15) is 5.82 Å². The van der Waals surface area contributed by atoms with Crippen molar-refractivity contribution in [3.05, 3.63) is 61.0 Å². The maximum Gasteiger partial charge on any atom is 0.344 e. The van der Waals surface area contributed by atoms with Crippen LogP contribution in [0, 0.1) is 0 Å². The second-order valence-electron chi connectivity index (χ2n) is 8.02. The molecule has 3 aromatic rings. The zero-order valence-electron chi connectivity index (χ0n) is 20.0. The first kappa shape index (κ1) is 26.9. The molecule has 0 saturated carbocycles. The number of aryl methyl sites for hydroxylation is 1. The summed E-state index contributed by atoms with van der Waals surface area (Å²) in [5, 5.41) is 4.95. The third-order valence-electron chi connectivity index (χ3n) is 4.90. The number of aromatic nitrogens is 2. The molecular weight excluding hydrogens is 582 g/mol. The van der Waals surface area contributed by atoms with Crippen LogP contribution in [0.2, 0.25) is 0 Å². The second kappa shape index (κ2) is 12.3. The predicted molar refractivity (Wildman–Crippen MR) is 143 cm³/mol. The van der Waals surface area contributed by atoms with Gasteiger partial charge in [-0.05, 0) is 72.1 Å². The first-order valence-electron chi connectivity index (χ1n) is 11.2. The van der Waals surface area contributed by atoms with E-state index in [1.165, 1.54) is 11.8 Å². The Hall–Kier alpha value is -2.72. The molecule has 0 bridgehead atoms. The summed E-state index contributed by atoms with van der Waals surface area (Å²) in [5.74, 6) is 0.882. The predicted octanol–water partition coefficient (Wildman–Crippen LogP) is 5.49. The fraction of sp³-hybridized carbons (Fsp3) is 0.360. The number of unbranched alkanes of at least 4 members (excludes halogenated alkanes) is 1. The highest BCUT2D eigenvalue weighted by atomic mass is 79.9. The Morgan fingerprint density at radius 3 is 2.69 bits per heavy atom. The molecule has 0 aliphatic carbocycles. The van der Waals surface area contributed by atoms with Crippen LogP contribution in [0.4, 0.5) is 0 Å². The van der Waals surface area contributed by atoms with Gasteiger partial charge in [-0.15, -0.1) is 0 Å².